The second-order valence-electron chi connectivity index (χ2n) is 11.8. The highest BCUT2D eigenvalue weighted by atomic mass is 32.1. The van der Waals surface area contributed by atoms with E-state index in [1.54, 1.807) is 30.9 Å². The van der Waals surface area contributed by atoms with Crippen molar-refractivity contribution in [1.29, 1.82) is 0 Å². The van der Waals surface area contributed by atoms with Gasteiger partial charge in [-0.15, -0.1) is 22.7 Å². The maximum atomic E-state index is 14.4. The minimum absolute atomic E-state index is 0.0621. The zero-order chi connectivity index (χ0) is 35.2. The van der Waals surface area contributed by atoms with Gasteiger partial charge in [-0.05, 0) is 23.5 Å². The molecule has 3 atom stereocenters. The van der Waals surface area contributed by atoms with Crippen LogP contribution >= 0.6 is 22.7 Å². The van der Waals surface area contributed by atoms with Gasteiger partial charge in [0.1, 0.15) is 19.3 Å². The molecule has 4 rings (SSSR count). The summed E-state index contributed by atoms with van der Waals surface area (Å²) in [6.07, 6.45) is -1.12. The normalized spacial score (nSPS) is 12.9. The van der Waals surface area contributed by atoms with Crippen molar-refractivity contribution in [3.8, 4) is 0 Å². The number of rotatable bonds is 16. The van der Waals surface area contributed by atoms with Crippen LogP contribution < -0.4 is 21.0 Å². The molecule has 0 fully saturated rings. The van der Waals surface area contributed by atoms with Crippen molar-refractivity contribution in [2.24, 2.45) is 5.92 Å². The van der Waals surface area contributed by atoms with Crippen molar-refractivity contribution < 1.29 is 29.0 Å². The maximum Gasteiger partial charge on any atom is 0.426 e. The summed E-state index contributed by atoms with van der Waals surface area (Å²) >= 11 is 2.73. The first-order valence-electron chi connectivity index (χ1n) is 15.8. The number of amides is 3. The molecule has 0 radical (unpaired) electrons. The van der Waals surface area contributed by atoms with E-state index in [4.69, 9.17) is 9.47 Å². The Hall–Kier alpha value is -4.57. The molecule has 0 saturated heterocycles. The third-order valence-corrected chi connectivity index (χ3v) is 9.16. The molecule has 4 N–H and O–H groups in total. The lowest BCUT2D eigenvalue weighted by atomic mass is 9.97. The number of alkyl carbamates (subject to hydrolysis) is 1. The molecule has 0 saturated carbocycles. The summed E-state index contributed by atoms with van der Waals surface area (Å²) in [5, 5.41) is 21.2. The first kappa shape index (κ1) is 37.3. The minimum atomic E-state index is -1.15. The molecule has 0 aliphatic rings. The van der Waals surface area contributed by atoms with Gasteiger partial charge in [-0.3, -0.25) is 9.78 Å². The third kappa shape index (κ3) is 11.8. The number of hydrogen-bond donors (Lipinski definition) is 4. The van der Waals surface area contributed by atoms with E-state index in [1.807, 2.05) is 79.7 Å². The first-order chi connectivity index (χ1) is 23.6. The van der Waals surface area contributed by atoms with Crippen molar-refractivity contribution in [3.05, 3.63) is 99.4 Å². The Kier molecular flexibility index (Phi) is 14.3. The van der Waals surface area contributed by atoms with E-state index in [1.165, 1.54) is 22.7 Å². The van der Waals surface area contributed by atoms with Gasteiger partial charge in [-0.2, -0.15) is 0 Å². The second kappa shape index (κ2) is 18.8. The van der Waals surface area contributed by atoms with Crippen LogP contribution in [0, 0.1) is 5.92 Å². The summed E-state index contributed by atoms with van der Waals surface area (Å²) in [6.45, 7) is 3.94. The molecule has 15 heteroatoms. The standard InChI is InChI=1S/C34H43N7O6S2/c1-23(2)30(38-33(44)46-19-26-21-48-32(37-26)40(3)4)31(43)41(39-34(45)47-20-27-17-36-22-49-27)28(15-24-11-7-5-8-12-24)29(42)18-35-16-25-13-9-6-10-14-25/h5-14,17,21-23,28-30,35,42H,15-16,18-20H2,1-4H3,(H,38,44)(H,39,45)/t28-,29-,30?/m0/s1. The molecule has 2 aromatic heterocycles. The summed E-state index contributed by atoms with van der Waals surface area (Å²) in [5.74, 6) is -1.09. The summed E-state index contributed by atoms with van der Waals surface area (Å²) in [5.41, 5.74) is 6.61. The topological polar surface area (TPSA) is 158 Å². The second-order valence-corrected chi connectivity index (χ2v) is 13.6. The Bertz CT molecular complexity index is 1590. The van der Waals surface area contributed by atoms with Gasteiger partial charge < -0.3 is 30.1 Å². The van der Waals surface area contributed by atoms with Gasteiger partial charge in [0.25, 0.3) is 5.91 Å². The third-order valence-electron chi connectivity index (χ3n) is 7.35. The molecule has 262 valence electrons. The Labute approximate surface area is 294 Å². The summed E-state index contributed by atoms with van der Waals surface area (Å²) in [6, 6.07) is 16.9. The lowest BCUT2D eigenvalue weighted by molar-refractivity contribution is -0.143. The Morgan fingerprint density at radius 3 is 2.20 bits per heavy atom. The van der Waals surface area contributed by atoms with Crippen LogP contribution in [0.1, 0.15) is 35.5 Å². The molecular formula is C34H43N7O6S2. The minimum Gasteiger partial charge on any atom is -0.443 e. The number of nitrogens with zero attached hydrogens (tertiary/aromatic N) is 4. The van der Waals surface area contributed by atoms with Gasteiger partial charge in [0.05, 0.1) is 28.2 Å². The number of thiazole rings is 2. The van der Waals surface area contributed by atoms with Gasteiger partial charge in [-0.25, -0.2) is 25.0 Å². The Morgan fingerprint density at radius 2 is 1.59 bits per heavy atom. The van der Waals surface area contributed by atoms with E-state index in [0.29, 0.717) is 17.1 Å². The fourth-order valence-electron chi connectivity index (χ4n) is 4.77. The van der Waals surface area contributed by atoms with Crippen LogP contribution in [-0.2, 0) is 40.4 Å². The average Bonchev–Trinajstić information content (AvgIpc) is 3.80. The van der Waals surface area contributed by atoms with E-state index in [-0.39, 0.29) is 26.2 Å². The van der Waals surface area contributed by atoms with E-state index < -0.39 is 42.2 Å². The van der Waals surface area contributed by atoms with Crippen molar-refractivity contribution in [1.82, 2.24) is 31.0 Å². The fourth-order valence-corrected chi connectivity index (χ4v) is 6.02. The first-order valence-corrected chi connectivity index (χ1v) is 17.5. The quantitative estimate of drug-likeness (QED) is 0.123. The van der Waals surface area contributed by atoms with Gasteiger partial charge >= 0.3 is 12.2 Å². The molecule has 4 aromatic rings. The molecule has 0 aliphatic carbocycles. The number of aromatic nitrogens is 2. The number of benzene rings is 2. The fraction of sp³-hybridized carbons (Fsp3) is 0.382. The summed E-state index contributed by atoms with van der Waals surface area (Å²) in [7, 11) is 3.73. The van der Waals surface area contributed by atoms with Crippen LogP contribution in [0.3, 0.4) is 0 Å². The number of hydrazine groups is 1. The molecule has 0 spiro atoms. The number of aliphatic hydroxyl groups is 1. The lowest BCUT2D eigenvalue weighted by Gasteiger charge is -2.37. The van der Waals surface area contributed by atoms with Crippen LogP contribution in [0.5, 0.6) is 0 Å². The number of ether oxygens (including phenoxy) is 2. The van der Waals surface area contributed by atoms with Crippen molar-refractivity contribution in [2.75, 3.05) is 25.5 Å². The highest BCUT2D eigenvalue weighted by Gasteiger charge is 2.38. The van der Waals surface area contributed by atoms with E-state index in [9.17, 15) is 19.5 Å². The van der Waals surface area contributed by atoms with E-state index in [2.05, 4.69) is 26.0 Å². The van der Waals surface area contributed by atoms with Gasteiger partial charge in [-0.1, -0.05) is 74.5 Å². The van der Waals surface area contributed by atoms with E-state index >= 15 is 0 Å². The lowest BCUT2D eigenvalue weighted by Crippen LogP contribution is -2.63. The number of nitrogens with one attached hydrogen (secondary N) is 3. The van der Waals surface area contributed by atoms with Gasteiger partial charge in [0.15, 0.2) is 5.13 Å². The molecule has 0 aliphatic heterocycles. The summed E-state index contributed by atoms with van der Waals surface area (Å²) in [4.78, 5) is 51.6. The van der Waals surface area contributed by atoms with Crippen molar-refractivity contribution >= 4 is 45.9 Å². The van der Waals surface area contributed by atoms with Crippen LogP contribution in [0.25, 0.3) is 0 Å². The Morgan fingerprint density at radius 1 is 0.918 bits per heavy atom. The number of carbonyl (C=O) groups is 3. The molecule has 3 amide bonds. The monoisotopic (exact) mass is 709 g/mol. The molecule has 13 nitrogen and oxygen atoms in total. The maximum absolute atomic E-state index is 14.4. The predicted molar refractivity (Wildman–Crippen MR) is 189 cm³/mol. The average molecular weight is 710 g/mol. The zero-order valence-electron chi connectivity index (χ0n) is 27.9. The van der Waals surface area contributed by atoms with E-state index in [0.717, 1.165) is 21.3 Å². The molecule has 1 unspecified atom stereocenters. The van der Waals surface area contributed by atoms with Crippen LogP contribution in [0.15, 0.2) is 77.8 Å². The smallest absolute Gasteiger partial charge is 0.426 e. The van der Waals surface area contributed by atoms with Gasteiger partial charge in [0, 0.05) is 38.8 Å². The largest absolute Gasteiger partial charge is 0.443 e. The number of hydrogen-bond acceptors (Lipinski definition) is 12. The zero-order valence-corrected chi connectivity index (χ0v) is 29.6. The summed E-state index contributed by atoms with van der Waals surface area (Å²) < 4.78 is 10.8. The predicted octanol–water partition coefficient (Wildman–Crippen LogP) is 4.35. The SMILES string of the molecule is CC(C)C(NC(=O)OCc1csc(N(C)C)n1)C(=O)N(NC(=O)OCc1cncs1)[C@@H](Cc1ccccc1)[C@@H](O)CNCc1ccccc1. The highest BCUT2D eigenvalue weighted by molar-refractivity contribution is 7.13. The number of carbonyl (C=O) groups excluding carboxylic acids is 3. The van der Waals surface area contributed by atoms with Crippen LogP contribution in [0.4, 0.5) is 14.7 Å². The highest BCUT2D eigenvalue weighted by Crippen LogP contribution is 2.19. The van der Waals surface area contributed by atoms with Crippen LogP contribution in [-0.4, -0.2) is 77.0 Å². The number of anilines is 1. The van der Waals surface area contributed by atoms with Crippen molar-refractivity contribution in [2.45, 2.75) is 58.2 Å². The van der Waals surface area contributed by atoms with Crippen LogP contribution in [0.2, 0.25) is 0 Å². The Balaban J connectivity index is 1.56. The molecule has 49 heavy (non-hydrogen) atoms. The number of aliphatic hydroxyl groups excluding tert-OH is 1. The molecule has 2 aromatic carbocycles. The van der Waals surface area contributed by atoms with Crippen molar-refractivity contribution in [3.63, 3.8) is 0 Å². The molecule has 0 bridgehead atoms. The molecule has 2 heterocycles. The van der Waals surface area contributed by atoms with Gasteiger partial charge in [0.2, 0.25) is 0 Å². The molecular weight excluding hydrogens is 667 g/mol.